The lowest BCUT2D eigenvalue weighted by Gasteiger charge is -2.22. The number of aromatic nitrogens is 1. The molecule has 0 saturated carbocycles. The Morgan fingerprint density at radius 1 is 0.960 bits per heavy atom. The molecule has 1 unspecified atom stereocenters. The van der Waals surface area contributed by atoms with E-state index in [4.69, 9.17) is 48.9 Å². The number of carbonyl (C=O) groups is 2. The van der Waals surface area contributed by atoms with Crippen LogP contribution in [0.25, 0.3) is 11.1 Å². The van der Waals surface area contributed by atoms with E-state index in [-0.39, 0.29) is 31.9 Å². The van der Waals surface area contributed by atoms with E-state index in [9.17, 15) is 19.8 Å². The Kier molecular flexibility index (Phi) is 12.2. The summed E-state index contributed by atoms with van der Waals surface area (Å²) >= 11 is 13.5. The quantitative estimate of drug-likeness (QED) is 0.107. The van der Waals surface area contributed by atoms with Crippen LogP contribution in [0.2, 0.25) is 10.0 Å². The fraction of sp³-hybridized carbons (Fsp3) is 0.324. The van der Waals surface area contributed by atoms with Crippen molar-refractivity contribution >= 4 is 35.1 Å². The number of nitrogens with two attached hydrogens (primary N) is 2. The first kappa shape index (κ1) is 36.9. The van der Waals surface area contributed by atoms with Crippen LogP contribution >= 0.6 is 23.2 Å². The van der Waals surface area contributed by atoms with Gasteiger partial charge < -0.3 is 40.8 Å². The Morgan fingerprint density at radius 2 is 1.72 bits per heavy atom. The number of aliphatic carboxylic acids is 1. The van der Waals surface area contributed by atoms with Gasteiger partial charge >= 0.3 is 5.97 Å². The summed E-state index contributed by atoms with van der Waals surface area (Å²) in [6.07, 6.45) is 4.09. The average molecular weight is 724 g/mol. The lowest BCUT2D eigenvalue weighted by molar-refractivity contribution is -0.150. The molecular weight excluding hydrogens is 683 g/mol. The second-order valence-corrected chi connectivity index (χ2v) is 13.1. The second-order valence-electron chi connectivity index (χ2n) is 12.3. The van der Waals surface area contributed by atoms with E-state index in [0.717, 1.165) is 22.3 Å². The van der Waals surface area contributed by atoms with E-state index in [1.807, 2.05) is 48.2 Å². The number of halogens is 2. The molecule has 5 rings (SSSR count). The molecule has 4 aromatic rings. The van der Waals surface area contributed by atoms with Crippen LogP contribution in [0.5, 0.6) is 17.2 Å². The van der Waals surface area contributed by atoms with Gasteiger partial charge in [0.05, 0.1) is 28.8 Å². The maximum Gasteiger partial charge on any atom is 0.313 e. The highest BCUT2D eigenvalue weighted by atomic mass is 35.5. The first-order valence-electron chi connectivity index (χ1n) is 16.1. The molecule has 1 aliphatic rings. The van der Waals surface area contributed by atoms with Gasteiger partial charge in [-0.25, -0.2) is 0 Å². The molecule has 1 aliphatic heterocycles. The number of benzene rings is 3. The van der Waals surface area contributed by atoms with Gasteiger partial charge in [0.25, 0.3) is 0 Å². The number of nitrogens with zero attached hydrogens (tertiary/aromatic N) is 2. The van der Waals surface area contributed by atoms with E-state index in [2.05, 4.69) is 4.98 Å². The molecule has 264 valence electrons. The summed E-state index contributed by atoms with van der Waals surface area (Å²) in [6, 6.07) is 16.6. The minimum absolute atomic E-state index is 0.128. The summed E-state index contributed by atoms with van der Waals surface area (Å²) < 4.78 is 18.3. The van der Waals surface area contributed by atoms with Crippen LogP contribution in [-0.4, -0.2) is 64.8 Å². The van der Waals surface area contributed by atoms with Crippen molar-refractivity contribution in [2.45, 2.75) is 39.5 Å². The number of pyridine rings is 1. The van der Waals surface area contributed by atoms with Crippen molar-refractivity contribution in [2.75, 3.05) is 32.8 Å². The smallest absolute Gasteiger partial charge is 0.313 e. The maximum absolute atomic E-state index is 11.6. The van der Waals surface area contributed by atoms with Gasteiger partial charge in [-0.2, -0.15) is 0 Å². The highest BCUT2D eigenvalue weighted by molar-refractivity contribution is 6.35. The van der Waals surface area contributed by atoms with Gasteiger partial charge in [-0.05, 0) is 61.2 Å². The van der Waals surface area contributed by atoms with Crippen molar-refractivity contribution in [2.24, 2.45) is 16.9 Å². The van der Waals surface area contributed by atoms with Crippen LogP contribution in [0.1, 0.15) is 45.5 Å². The molecule has 1 amide bonds. The zero-order valence-corrected chi connectivity index (χ0v) is 29.2. The number of rotatable bonds is 16. The highest BCUT2D eigenvalue weighted by Crippen LogP contribution is 2.39. The molecular formula is C37H40Cl2N4O7. The molecule has 6 N–H and O–H groups in total. The molecule has 2 heterocycles. The monoisotopic (exact) mass is 722 g/mol. The number of carbonyl (C=O) groups excluding carboxylic acids is 1. The SMILES string of the molecule is Cc1c(COc2cc(OCc3cncc(C(N)=O)c3)c(CN)cc2Cl)cccc1-c1cccc(OCCCN2CCC(CO)(C(=O)O)C2)c1Cl. The predicted octanol–water partition coefficient (Wildman–Crippen LogP) is 5.62. The van der Waals surface area contributed by atoms with Crippen molar-refractivity contribution in [3.63, 3.8) is 0 Å². The minimum atomic E-state index is -1.09. The standard InChI is InChI=1S/C37H40Cl2N4O7/c1-23-25(20-50-33-15-32(26(16-40)14-30(33)38)49-19-24-13-27(35(41)45)18-42-17-24)5-2-6-28(23)29-7-3-8-31(34(29)39)48-12-4-10-43-11-9-37(21-43,22-44)36(46)47/h2-3,5-8,13-15,17-18,44H,4,9-12,16,19-22,40H2,1H3,(H2,41,45)(H,46,47). The van der Waals surface area contributed by atoms with Crippen molar-refractivity contribution in [1.82, 2.24) is 9.88 Å². The molecule has 1 atom stereocenters. The molecule has 3 aromatic carbocycles. The van der Waals surface area contributed by atoms with Gasteiger partial charge in [0.2, 0.25) is 5.91 Å². The Labute approximate surface area is 300 Å². The van der Waals surface area contributed by atoms with Gasteiger partial charge in [-0.15, -0.1) is 0 Å². The molecule has 1 aromatic heterocycles. The number of carboxylic acids is 1. The third kappa shape index (κ3) is 8.48. The molecule has 13 heteroatoms. The molecule has 0 aliphatic carbocycles. The zero-order valence-electron chi connectivity index (χ0n) is 27.7. The molecule has 50 heavy (non-hydrogen) atoms. The Balaban J connectivity index is 1.23. The van der Waals surface area contributed by atoms with Crippen LogP contribution in [0.4, 0.5) is 0 Å². The van der Waals surface area contributed by atoms with Crippen molar-refractivity contribution in [1.29, 1.82) is 0 Å². The van der Waals surface area contributed by atoms with E-state index >= 15 is 0 Å². The van der Waals surface area contributed by atoms with E-state index < -0.39 is 17.3 Å². The number of primary amides is 1. The van der Waals surface area contributed by atoms with E-state index in [1.165, 1.54) is 6.20 Å². The fourth-order valence-corrected chi connectivity index (χ4v) is 6.47. The molecule has 0 bridgehead atoms. The summed E-state index contributed by atoms with van der Waals surface area (Å²) in [6.45, 7) is 4.16. The van der Waals surface area contributed by atoms with Crippen LogP contribution in [0, 0.1) is 12.3 Å². The zero-order chi connectivity index (χ0) is 35.8. The van der Waals surface area contributed by atoms with Crippen molar-refractivity contribution < 1.29 is 34.0 Å². The summed E-state index contributed by atoms with van der Waals surface area (Å²) in [5.74, 6) is -0.0747. The molecule has 0 radical (unpaired) electrons. The lowest BCUT2D eigenvalue weighted by Crippen LogP contribution is -2.38. The molecule has 0 spiro atoms. The van der Waals surface area contributed by atoms with Crippen molar-refractivity contribution in [3.05, 3.63) is 105 Å². The van der Waals surface area contributed by atoms with Crippen LogP contribution < -0.4 is 25.7 Å². The largest absolute Gasteiger partial charge is 0.492 e. The topological polar surface area (TPSA) is 170 Å². The second kappa shape index (κ2) is 16.5. The first-order chi connectivity index (χ1) is 24.0. The Hall–Kier alpha value is -4.39. The minimum Gasteiger partial charge on any atom is -0.492 e. The first-order valence-corrected chi connectivity index (χ1v) is 16.9. The summed E-state index contributed by atoms with van der Waals surface area (Å²) in [5, 5.41) is 20.0. The fourth-order valence-electron chi connectivity index (χ4n) is 5.95. The lowest BCUT2D eigenvalue weighted by atomic mass is 9.88. The van der Waals surface area contributed by atoms with Gasteiger partial charge in [-0.3, -0.25) is 14.6 Å². The number of aliphatic hydroxyl groups excluding tert-OH is 1. The number of ether oxygens (including phenoxy) is 3. The summed E-state index contributed by atoms with van der Waals surface area (Å²) in [4.78, 5) is 29.3. The van der Waals surface area contributed by atoms with Crippen LogP contribution in [0.15, 0.2) is 67.0 Å². The number of hydrogen-bond acceptors (Lipinski definition) is 9. The molecule has 1 saturated heterocycles. The van der Waals surface area contributed by atoms with Crippen LogP contribution in [0.3, 0.4) is 0 Å². The summed E-state index contributed by atoms with van der Waals surface area (Å²) in [5.41, 5.74) is 15.5. The number of hydrogen-bond donors (Lipinski definition) is 4. The van der Waals surface area contributed by atoms with E-state index in [0.29, 0.717) is 77.5 Å². The molecule has 1 fully saturated rings. The highest BCUT2D eigenvalue weighted by Gasteiger charge is 2.44. The normalized spacial score (nSPS) is 15.9. The maximum atomic E-state index is 11.6. The van der Waals surface area contributed by atoms with Gasteiger partial charge in [0.15, 0.2) is 0 Å². The Morgan fingerprint density at radius 3 is 2.44 bits per heavy atom. The van der Waals surface area contributed by atoms with Gasteiger partial charge in [-0.1, -0.05) is 53.5 Å². The van der Waals surface area contributed by atoms with Gasteiger partial charge in [0.1, 0.15) is 35.9 Å². The number of aliphatic hydroxyl groups is 1. The third-order valence-electron chi connectivity index (χ3n) is 8.96. The predicted molar refractivity (Wildman–Crippen MR) is 191 cm³/mol. The van der Waals surface area contributed by atoms with Gasteiger partial charge in [0, 0.05) is 54.8 Å². The molecule has 11 nitrogen and oxygen atoms in total. The van der Waals surface area contributed by atoms with Crippen LogP contribution in [-0.2, 0) is 24.6 Å². The van der Waals surface area contributed by atoms with Crippen molar-refractivity contribution in [3.8, 4) is 28.4 Å². The summed E-state index contributed by atoms with van der Waals surface area (Å²) in [7, 11) is 0. The number of likely N-dealkylation sites (tertiary alicyclic amines) is 1. The third-order valence-corrected chi connectivity index (χ3v) is 9.64. The Bertz CT molecular complexity index is 1860. The average Bonchev–Trinajstić information content (AvgIpc) is 3.55. The van der Waals surface area contributed by atoms with E-state index in [1.54, 1.807) is 24.4 Å². The number of amides is 1. The number of carboxylic acid groups (broad SMARTS) is 1.